The SMILES string of the molecule is CC1(C)CN(CC2Cc3cc(F)ccc3O2)CCCN1. The molecule has 0 spiro atoms. The van der Waals surface area contributed by atoms with Gasteiger partial charge >= 0.3 is 0 Å². The normalized spacial score (nSPS) is 25.9. The van der Waals surface area contributed by atoms with Crippen LogP contribution in [0.25, 0.3) is 0 Å². The molecule has 2 heterocycles. The van der Waals surface area contributed by atoms with Crippen LogP contribution < -0.4 is 10.1 Å². The fraction of sp³-hybridized carbons (Fsp3) is 0.625. The van der Waals surface area contributed by atoms with Gasteiger partial charge in [0, 0.05) is 30.6 Å². The zero-order chi connectivity index (χ0) is 14.2. The van der Waals surface area contributed by atoms with E-state index in [0.717, 1.165) is 50.3 Å². The third-order valence-electron chi connectivity index (χ3n) is 4.10. The first kappa shape index (κ1) is 13.8. The molecule has 0 saturated carbocycles. The van der Waals surface area contributed by atoms with E-state index in [1.165, 1.54) is 6.07 Å². The summed E-state index contributed by atoms with van der Waals surface area (Å²) < 4.78 is 19.2. The van der Waals surface area contributed by atoms with Gasteiger partial charge in [0.1, 0.15) is 17.7 Å². The highest BCUT2D eigenvalue weighted by molar-refractivity contribution is 5.37. The second kappa shape index (κ2) is 5.34. The Hall–Kier alpha value is -1.13. The minimum absolute atomic E-state index is 0.147. The van der Waals surface area contributed by atoms with Crippen LogP contribution >= 0.6 is 0 Å². The maximum absolute atomic E-state index is 13.2. The van der Waals surface area contributed by atoms with E-state index >= 15 is 0 Å². The monoisotopic (exact) mass is 278 g/mol. The molecular formula is C16H23FN2O. The van der Waals surface area contributed by atoms with E-state index < -0.39 is 0 Å². The summed E-state index contributed by atoms with van der Waals surface area (Å²) in [6, 6.07) is 4.82. The van der Waals surface area contributed by atoms with Crippen LogP contribution in [0.1, 0.15) is 25.8 Å². The molecule has 1 saturated heterocycles. The Morgan fingerprint density at radius 1 is 1.45 bits per heavy atom. The molecule has 0 aromatic heterocycles. The van der Waals surface area contributed by atoms with Gasteiger partial charge in [0.05, 0.1) is 0 Å². The second-order valence-electron chi connectivity index (χ2n) is 6.60. The molecule has 20 heavy (non-hydrogen) atoms. The molecule has 1 atom stereocenters. The first-order chi connectivity index (χ1) is 9.52. The van der Waals surface area contributed by atoms with E-state index in [1.54, 1.807) is 12.1 Å². The van der Waals surface area contributed by atoms with Crippen LogP contribution in [-0.2, 0) is 6.42 Å². The van der Waals surface area contributed by atoms with Crippen molar-refractivity contribution in [3.63, 3.8) is 0 Å². The molecular weight excluding hydrogens is 255 g/mol. The summed E-state index contributed by atoms with van der Waals surface area (Å²) >= 11 is 0. The first-order valence-electron chi connectivity index (χ1n) is 7.44. The minimum Gasteiger partial charge on any atom is -0.488 e. The van der Waals surface area contributed by atoms with Gasteiger partial charge in [-0.1, -0.05) is 0 Å². The lowest BCUT2D eigenvalue weighted by Gasteiger charge is -2.31. The average Bonchev–Trinajstić information content (AvgIpc) is 2.66. The summed E-state index contributed by atoms with van der Waals surface area (Å²) in [6.07, 6.45) is 2.13. The fourth-order valence-electron chi connectivity index (χ4n) is 3.26. The number of nitrogens with one attached hydrogen (secondary N) is 1. The smallest absolute Gasteiger partial charge is 0.123 e. The maximum atomic E-state index is 13.2. The van der Waals surface area contributed by atoms with Crippen LogP contribution in [0, 0.1) is 5.82 Å². The van der Waals surface area contributed by atoms with E-state index in [1.807, 2.05) is 0 Å². The molecule has 0 aliphatic carbocycles. The van der Waals surface area contributed by atoms with Crippen molar-refractivity contribution in [3.05, 3.63) is 29.6 Å². The number of nitrogens with zero attached hydrogens (tertiary/aromatic N) is 1. The van der Waals surface area contributed by atoms with Crippen molar-refractivity contribution in [2.45, 2.75) is 38.3 Å². The van der Waals surface area contributed by atoms with Crippen LogP contribution in [0.2, 0.25) is 0 Å². The second-order valence-corrected chi connectivity index (χ2v) is 6.60. The van der Waals surface area contributed by atoms with Gasteiger partial charge in [0.2, 0.25) is 0 Å². The van der Waals surface area contributed by atoms with Gasteiger partial charge in [-0.25, -0.2) is 4.39 Å². The minimum atomic E-state index is -0.173. The van der Waals surface area contributed by atoms with Crippen LogP contribution in [0.5, 0.6) is 5.75 Å². The molecule has 0 bridgehead atoms. The summed E-state index contributed by atoms with van der Waals surface area (Å²) in [5.41, 5.74) is 1.15. The molecule has 110 valence electrons. The van der Waals surface area contributed by atoms with Crippen molar-refractivity contribution < 1.29 is 9.13 Å². The predicted molar refractivity (Wildman–Crippen MR) is 77.7 cm³/mol. The number of rotatable bonds is 2. The van der Waals surface area contributed by atoms with E-state index in [-0.39, 0.29) is 17.5 Å². The number of halogens is 1. The van der Waals surface area contributed by atoms with Crippen molar-refractivity contribution in [1.29, 1.82) is 0 Å². The topological polar surface area (TPSA) is 24.5 Å². The fourth-order valence-corrected chi connectivity index (χ4v) is 3.26. The van der Waals surface area contributed by atoms with E-state index in [9.17, 15) is 4.39 Å². The van der Waals surface area contributed by atoms with Crippen molar-refractivity contribution in [1.82, 2.24) is 10.2 Å². The molecule has 0 amide bonds. The van der Waals surface area contributed by atoms with E-state index in [0.29, 0.717) is 0 Å². The van der Waals surface area contributed by atoms with Crippen LogP contribution in [-0.4, -0.2) is 42.7 Å². The van der Waals surface area contributed by atoms with Crippen LogP contribution in [0.15, 0.2) is 18.2 Å². The zero-order valence-electron chi connectivity index (χ0n) is 12.3. The van der Waals surface area contributed by atoms with Gasteiger partial charge < -0.3 is 10.1 Å². The lowest BCUT2D eigenvalue weighted by Crippen LogP contribution is -2.48. The largest absolute Gasteiger partial charge is 0.488 e. The molecule has 4 heteroatoms. The number of benzene rings is 1. The van der Waals surface area contributed by atoms with Gasteiger partial charge in [-0.15, -0.1) is 0 Å². The predicted octanol–water partition coefficient (Wildman–Crippen LogP) is 2.20. The third kappa shape index (κ3) is 3.13. The van der Waals surface area contributed by atoms with Crippen molar-refractivity contribution >= 4 is 0 Å². The Morgan fingerprint density at radius 3 is 3.15 bits per heavy atom. The molecule has 1 unspecified atom stereocenters. The first-order valence-corrected chi connectivity index (χ1v) is 7.44. The molecule has 0 radical (unpaired) electrons. The highest BCUT2D eigenvalue weighted by atomic mass is 19.1. The maximum Gasteiger partial charge on any atom is 0.123 e. The summed E-state index contributed by atoms with van der Waals surface area (Å²) in [5.74, 6) is 0.678. The number of hydrogen-bond donors (Lipinski definition) is 1. The lowest BCUT2D eigenvalue weighted by molar-refractivity contribution is 0.138. The molecule has 1 N–H and O–H groups in total. The molecule has 3 nitrogen and oxygen atoms in total. The lowest BCUT2D eigenvalue weighted by atomic mass is 10.0. The van der Waals surface area contributed by atoms with Crippen molar-refractivity contribution in [2.75, 3.05) is 26.2 Å². The Morgan fingerprint density at radius 2 is 2.30 bits per heavy atom. The average molecular weight is 278 g/mol. The quantitative estimate of drug-likeness (QED) is 0.897. The summed E-state index contributed by atoms with van der Waals surface area (Å²) in [4.78, 5) is 2.47. The Labute approximate surface area is 120 Å². The van der Waals surface area contributed by atoms with E-state index in [2.05, 4.69) is 24.1 Å². The summed E-state index contributed by atoms with van der Waals surface area (Å²) in [5, 5.41) is 3.57. The summed E-state index contributed by atoms with van der Waals surface area (Å²) in [7, 11) is 0. The van der Waals surface area contributed by atoms with Crippen molar-refractivity contribution in [2.24, 2.45) is 0 Å². The van der Waals surface area contributed by atoms with E-state index in [4.69, 9.17) is 4.74 Å². The highest BCUT2D eigenvalue weighted by Gasteiger charge is 2.29. The van der Waals surface area contributed by atoms with Gasteiger partial charge in [-0.2, -0.15) is 0 Å². The van der Waals surface area contributed by atoms with Crippen molar-refractivity contribution in [3.8, 4) is 5.75 Å². The van der Waals surface area contributed by atoms with Gasteiger partial charge in [0.15, 0.2) is 0 Å². The number of hydrogen-bond acceptors (Lipinski definition) is 3. The number of fused-ring (bicyclic) bond motifs is 1. The van der Waals surface area contributed by atoms with Gasteiger partial charge in [0.25, 0.3) is 0 Å². The van der Waals surface area contributed by atoms with Crippen LogP contribution in [0.4, 0.5) is 4.39 Å². The molecule has 1 aromatic carbocycles. The number of ether oxygens (including phenoxy) is 1. The Balaban J connectivity index is 1.62. The molecule has 3 rings (SSSR count). The highest BCUT2D eigenvalue weighted by Crippen LogP contribution is 2.29. The Bertz CT molecular complexity index is 489. The molecule has 2 aliphatic rings. The molecule has 1 fully saturated rings. The molecule has 2 aliphatic heterocycles. The third-order valence-corrected chi connectivity index (χ3v) is 4.10. The molecule has 1 aromatic rings. The van der Waals surface area contributed by atoms with Gasteiger partial charge in [-0.05, 0) is 51.6 Å². The standard InChI is InChI=1S/C16H23FN2O/c1-16(2)11-19(7-3-6-18-16)10-14-9-12-8-13(17)4-5-15(12)20-14/h4-5,8,14,18H,3,6-7,9-11H2,1-2H3. The zero-order valence-corrected chi connectivity index (χ0v) is 12.3. The van der Waals surface area contributed by atoms with Gasteiger partial charge in [-0.3, -0.25) is 4.90 Å². The summed E-state index contributed by atoms with van der Waals surface area (Å²) in [6.45, 7) is 8.59. The van der Waals surface area contributed by atoms with Crippen LogP contribution in [0.3, 0.4) is 0 Å². The Kier molecular flexibility index (Phi) is 3.69.